The van der Waals surface area contributed by atoms with E-state index in [2.05, 4.69) is 10.1 Å². The largest absolute Gasteiger partial charge is 0.493 e. The Morgan fingerprint density at radius 1 is 1.15 bits per heavy atom. The fraction of sp³-hybridized carbons (Fsp3) is 0.444. The quantitative estimate of drug-likeness (QED) is 0.288. The Balaban J connectivity index is 1.48. The third kappa shape index (κ3) is 7.38. The van der Waals surface area contributed by atoms with Crippen LogP contribution in [0.2, 0.25) is 10.0 Å². The van der Waals surface area contributed by atoms with Gasteiger partial charge in [-0.05, 0) is 69.5 Å². The fourth-order valence-electron chi connectivity index (χ4n) is 4.23. The summed E-state index contributed by atoms with van der Waals surface area (Å²) in [6.45, 7) is 5.15. The van der Waals surface area contributed by atoms with Crippen LogP contribution in [0.25, 0.3) is 11.4 Å². The number of amides is 1. The number of nitrogens with zero attached hydrogens (tertiary/aromatic N) is 3. The molecule has 0 saturated carbocycles. The normalized spacial score (nSPS) is 17.8. The Bertz CT molecular complexity index is 1360. The van der Waals surface area contributed by atoms with Crippen LogP contribution in [0.5, 0.6) is 5.75 Å². The van der Waals surface area contributed by atoms with Crippen molar-refractivity contribution in [3.05, 3.63) is 63.5 Å². The summed E-state index contributed by atoms with van der Waals surface area (Å²) in [4.78, 5) is 18.1. The van der Waals surface area contributed by atoms with E-state index in [9.17, 15) is 23.1 Å². The van der Waals surface area contributed by atoms with Crippen LogP contribution in [0, 0.1) is 0 Å². The zero-order valence-electron chi connectivity index (χ0n) is 22.0. The van der Waals surface area contributed by atoms with E-state index in [0.717, 1.165) is 11.6 Å². The number of benzene rings is 2. The van der Waals surface area contributed by atoms with Gasteiger partial charge in [0.2, 0.25) is 11.7 Å². The number of hydrogen-bond acceptors (Lipinski definition) is 7. The molecule has 1 N–H and O–H groups in total. The Labute approximate surface area is 239 Å². The van der Waals surface area contributed by atoms with Crippen molar-refractivity contribution in [2.45, 2.75) is 64.0 Å². The van der Waals surface area contributed by atoms with E-state index in [1.807, 2.05) is 0 Å². The van der Waals surface area contributed by atoms with Gasteiger partial charge in [-0.25, -0.2) is 4.79 Å². The second-order valence-electron chi connectivity index (χ2n) is 10.4. The third-order valence-corrected chi connectivity index (χ3v) is 6.77. The molecule has 3 aromatic rings. The number of alkyl halides is 3. The summed E-state index contributed by atoms with van der Waals surface area (Å²) >= 11 is 11.9. The molecule has 1 saturated heterocycles. The Morgan fingerprint density at radius 2 is 1.90 bits per heavy atom. The Morgan fingerprint density at radius 3 is 2.58 bits per heavy atom. The maximum Gasteiger partial charge on any atom is 0.419 e. The first-order chi connectivity index (χ1) is 18.7. The Hall–Kier alpha value is -3.02. The van der Waals surface area contributed by atoms with Crippen LogP contribution in [-0.4, -0.2) is 51.1 Å². The molecule has 2 atom stereocenters. The van der Waals surface area contributed by atoms with Crippen molar-refractivity contribution in [1.82, 2.24) is 15.0 Å². The van der Waals surface area contributed by atoms with Gasteiger partial charge in [0.1, 0.15) is 17.4 Å². The molecule has 0 unspecified atom stereocenters. The van der Waals surface area contributed by atoms with E-state index >= 15 is 0 Å². The second-order valence-corrected chi connectivity index (χ2v) is 11.2. The molecule has 4 rings (SSSR count). The summed E-state index contributed by atoms with van der Waals surface area (Å²) in [5.41, 5.74) is -0.820. The van der Waals surface area contributed by atoms with Crippen molar-refractivity contribution >= 4 is 29.3 Å². The van der Waals surface area contributed by atoms with Crippen molar-refractivity contribution in [1.29, 1.82) is 0 Å². The zero-order valence-corrected chi connectivity index (χ0v) is 23.5. The van der Waals surface area contributed by atoms with Crippen LogP contribution >= 0.6 is 23.2 Å². The molecular weight excluding hydrogens is 574 g/mol. The molecule has 40 heavy (non-hydrogen) atoms. The predicted molar refractivity (Wildman–Crippen MR) is 141 cm³/mol. The van der Waals surface area contributed by atoms with Crippen molar-refractivity contribution in [3.8, 4) is 17.1 Å². The molecule has 1 aliphatic rings. The van der Waals surface area contributed by atoms with Gasteiger partial charge in [-0.1, -0.05) is 34.4 Å². The van der Waals surface area contributed by atoms with Gasteiger partial charge in [-0.15, -0.1) is 0 Å². The number of carbonyl (C=O) groups excluding carboxylic acids is 1. The van der Waals surface area contributed by atoms with Crippen LogP contribution in [0.4, 0.5) is 18.0 Å². The van der Waals surface area contributed by atoms with Crippen LogP contribution in [0.15, 0.2) is 40.9 Å². The number of hydrogen-bond donors (Lipinski definition) is 1. The number of likely N-dealkylation sites (tertiary alicyclic amines) is 1. The lowest BCUT2D eigenvalue weighted by Crippen LogP contribution is -2.37. The van der Waals surface area contributed by atoms with Crippen molar-refractivity contribution in [2.75, 3.05) is 13.2 Å². The van der Waals surface area contributed by atoms with E-state index in [4.69, 9.17) is 37.2 Å². The number of aliphatic hydroxyl groups is 1. The molecule has 1 aliphatic heterocycles. The molecule has 0 radical (unpaired) electrons. The zero-order chi connectivity index (χ0) is 29.2. The highest BCUT2D eigenvalue weighted by Crippen LogP contribution is 2.39. The third-order valence-electron chi connectivity index (χ3n) is 6.03. The molecule has 216 valence electrons. The number of ether oxygens (including phenoxy) is 2. The van der Waals surface area contributed by atoms with E-state index < -0.39 is 35.6 Å². The number of rotatable bonds is 7. The maximum absolute atomic E-state index is 13.9. The molecule has 1 amide bonds. The van der Waals surface area contributed by atoms with Crippen LogP contribution in [0.1, 0.15) is 56.7 Å². The predicted octanol–water partition coefficient (Wildman–Crippen LogP) is 7.12. The average Bonchev–Trinajstić information content (AvgIpc) is 3.49. The lowest BCUT2D eigenvalue weighted by atomic mass is 10.1. The SMILES string of the molecule is CC(C)(C)OC(=O)N1C[C@H](O)C[C@H]1c1nc(-c2ccc(OCCCc3ccc(Cl)c(Cl)c3)c(C(F)(F)F)c2)no1. The number of aliphatic hydroxyl groups excluding tert-OH is 1. The Kier molecular flexibility index (Phi) is 8.86. The summed E-state index contributed by atoms with van der Waals surface area (Å²) in [5.74, 6) is -0.449. The number of β-amino-alcohol motifs (C(OH)–C–C–N with tert-alkyl or cyclic N) is 1. The minimum atomic E-state index is -4.70. The van der Waals surface area contributed by atoms with Gasteiger partial charge in [0.15, 0.2) is 0 Å². The molecule has 2 aromatic carbocycles. The lowest BCUT2D eigenvalue weighted by molar-refractivity contribution is -0.138. The van der Waals surface area contributed by atoms with Gasteiger partial charge in [-0.3, -0.25) is 4.90 Å². The van der Waals surface area contributed by atoms with Crippen molar-refractivity contribution in [3.63, 3.8) is 0 Å². The maximum atomic E-state index is 13.9. The molecule has 8 nitrogen and oxygen atoms in total. The van der Waals surface area contributed by atoms with E-state index in [1.54, 1.807) is 39.0 Å². The fourth-order valence-corrected chi connectivity index (χ4v) is 4.55. The number of halogens is 5. The number of aromatic nitrogens is 2. The first kappa shape index (κ1) is 30.0. The van der Waals surface area contributed by atoms with Crippen LogP contribution < -0.4 is 4.74 Å². The monoisotopic (exact) mass is 601 g/mol. The van der Waals surface area contributed by atoms with E-state index in [-0.39, 0.29) is 42.6 Å². The van der Waals surface area contributed by atoms with Crippen LogP contribution in [0.3, 0.4) is 0 Å². The minimum Gasteiger partial charge on any atom is -0.493 e. The van der Waals surface area contributed by atoms with Gasteiger partial charge in [0.25, 0.3) is 0 Å². The molecule has 1 aromatic heterocycles. The molecular formula is C27H28Cl2F3N3O5. The second kappa shape index (κ2) is 11.8. The van der Waals surface area contributed by atoms with Crippen LogP contribution in [-0.2, 0) is 17.3 Å². The summed E-state index contributed by atoms with van der Waals surface area (Å²) in [7, 11) is 0. The molecule has 0 spiro atoms. The van der Waals surface area contributed by atoms with Gasteiger partial charge in [-0.2, -0.15) is 18.2 Å². The van der Waals surface area contributed by atoms with Crippen molar-refractivity contribution < 1.29 is 37.1 Å². The highest BCUT2D eigenvalue weighted by Gasteiger charge is 2.41. The minimum absolute atomic E-state index is 0.00733. The smallest absolute Gasteiger partial charge is 0.419 e. The van der Waals surface area contributed by atoms with Gasteiger partial charge < -0.3 is 19.1 Å². The van der Waals surface area contributed by atoms with Crippen molar-refractivity contribution in [2.24, 2.45) is 0 Å². The summed E-state index contributed by atoms with van der Waals surface area (Å²) in [6, 6.07) is 7.87. The summed E-state index contributed by atoms with van der Waals surface area (Å²) < 4.78 is 57.9. The summed E-state index contributed by atoms with van der Waals surface area (Å²) in [6.07, 6.45) is -5.12. The van der Waals surface area contributed by atoms with E-state index in [1.165, 1.54) is 17.0 Å². The van der Waals surface area contributed by atoms with Gasteiger partial charge in [0.05, 0.1) is 34.9 Å². The summed E-state index contributed by atoms with van der Waals surface area (Å²) in [5, 5.41) is 14.8. The lowest BCUT2D eigenvalue weighted by Gasteiger charge is -2.26. The molecule has 2 heterocycles. The molecule has 0 aliphatic carbocycles. The first-order valence-electron chi connectivity index (χ1n) is 12.5. The molecule has 13 heteroatoms. The van der Waals surface area contributed by atoms with Gasteiger partial charge >= 0.3 is 12.3 Å². The number of aryl methyl sites for hydroxylation is 1. The first-order valence-corrected chi connectivity index (χ1v) is 13.3. The van der Waals surface area contributed by atoms with E-state index in [0.29, 0.717) is 22.9 Å². The molecule has 0 bridgehead atoms. The highest BCUT2D eigenvalue weighted by molar-refractivity contribution is 6.42. The molecule has 1 fully saturated rings. The topological polar surface area (TPSA) is 97.9 Å². The number of carbonyl (C=O) groups is 1. The standard InChI is InChI=1S/C27H28Cl2F3N3O5/c1-26(2,3)39-25(37)35-14-17(36)13-21(35)24-33-23(34-40-24)16-7-9-22(18(12-16)27(30,31)32)38-10-4-5-15-6-8-19(28)20(29)11-15/h6-9,11-12,17,21,36H,4-5,10,13-14H2,1-3H3/t17-,21+/m1/s1. The average molecular weight is 602 g/mol. The van der Waals surface area contributed by atoms with Gasteiger partial charge in [0, 0.05) is 12.0 Å². The highest BCUT2D eigenvalue weighted by atomic mass is 35.5.